The average Bonchev–Trinajstić information content (AvgIpc) is 3.13. The maximum atomic E-state index is 10.7. The molecule has 1 N–H and O–H groups in total. The van der Waals surface area contributed by atoms with Crippen LogP contribution in [0.3, 0.4) is 0 Å². The van der Waals surface area contributed by atoms with Crippen molar-refractivity contribution in [3.63, 3.8) is 0 Å². The van der Waals surface area contributed by atoms with Crippen molar-refractivity contribution < 1.29 is 9.90 Å². The summed E-state index contributed by atoms with van der Waals surface area (Å²) in [4.78, 5) is 12.8. The molecular formula is C12H20N4O2S. The van der Waals surface area contributed by atoms with Gasteiger partial charge in [-0.25, -0.2) is 0 Å². The molecule has 0 unspecified atom stereocenters. The molecule has 0 aliphatic heterocycles. The van der Waals surface area contributed by atoms with E-state index in [4.69, 9.17) is 5.11 Å². The molecule has 19 heavy (non-hydrogen) atoms. The average molecular weight is 284 g/mol. The minimum Gasteiger partial charge on any atom is -0.481 e. The van der Waals surface area contributed by atoms with Gasteiger partial charge in [-0.05, 0) is 19.3 Å². The van der Waals surface area contributed by atoms with Crippen LogP contribution in [0.2, 0.25) is 0 Å². The first-order chi connectivity index (χ1) is 9.13. The molecule has 1 aromatic rings. The quantitative estimate of drug-likeness (QED) is 0.736. The van der Waals surface area contributed by atoms with Crippen LogP contribution in [0.1, 0.15) is 38.6 Å². The molecule has 106 valence electrons. The first-order valence-electron chi connectivity index (χ1n) is 6.64. The van der Waals surface area contributed by atoms with Gasteiger partial charge in [0.25, 0.3) is 0 Å². The lowest BCUT2D eigenvalue weighted by Gasteiger charge is -2.19. The Morgan fingerprint density at radius 2 is 2.26 bits per heavy atom. The monoisotopic (exact) mass is 284 g/mol. The number of unbranched alkanes of at least 4 members (excludes halogenated alkanes) is 1. The minimum absolute atomic E-state index is 0.0313. The summed E-state index contributed by atoms with van der Waals surface area (Å²) < 4.78 is 2.10. The van der Waals surface area contributed by atoms with Crippen LogP contribution in [0.25, 0.3) is 0 Å². The van der Waals surface area contributed by atoms with E-state index in [1.165, 1.54) is 11.8 Å². The summed E-state index contributed by atoms with van der Waals surface area (Å²) in [5, 5.41) is 17.9. The third-order valence-electron chi connectivity index (χ3n) is 3.07. The number of carboxylic acids is 1. The molecule has 6 nitrogen and oxygen atoms in total. The molecule has 0 bridgehead atoms. The Hall–Kier alpha value is -1.24. The largest absolute Gasteiger partial charge is 0.481 e. The molecule has 1 fully saturated rings. The summed E-state index contributed by atoms with van der Waals surface area (Å²) >= 11 is 1.25. The van der Waals surface area contributed by atoms with Gasteiger partial charge in [0.15, 0.2) is 5.16 Å². The third-order valence-corrected chi connectivity index (χ3v) is 4.00. The maximum Gasteiger partial charge on any atom is 0.313 e. The number of hydrogen-bond acceptors (Lipinski definition) is 5. The summed E-state index contributed by atoms with van der Waals surface area (Å²) in [6.07, 6.45) is 4.52. The van der Waals surface area contributed by atoms with E-state index in [0.29, 0.717) is 6.04 Å². The van der Waals surface area contributed by atoms with Crippen molar-refractivity contribution in [2.24, 2.45) is 0 Å². The van der Waals surface area contributed by atoms with Gasteiger partial charge in [-0.15, -0.1) is 10.2 Å². The van der Waals surface area contributed by atoms with Crippen LogP contribution >= 0.6 is 11.8 Å². The van der Waals surface area contributed by atoms with Gasteiger partial charge in [-0.1, -0.05) is 25.1 Å². The summed E-state index contributed by atoms with van der Waals surface area (Å²) in [7, 11) is 2.02. The van der Waals surface area contributed by atoms with E-state index in [2.05, 4.69) is 26.6 Å². The van der Waals surface area contributed by atoms with Crippen molar-refractivity contribution >= 4 is 23.7 Å². The van der Waals surface area contributed by atoms with Gasteiger partial charge in [-0.3, -0.25) is 9.36 Å². The lowest BCUT2D eigenvalue weighted by Crippen LogP contribution is -2.22. The molecule has 1 aliphatic carbocycles. The molecule has 2 rings (SSSR count). The fourth-order valence-electron chi connectivity index (χ4n) is 1.90. The Balaban J connectivity index is 2.12. The van der Waals surface area contributed by atoms with Crippen molar-refractivity contribution in [1.82, 2.24) is 14.8 Å². The molecule has 0 spiro atoms. The Kier molecular flexibility index (Phi) is 4.68. The molecule has 0 aromatic carbocycles. The van der Waals surface area contributed by atoms with Gasteiger partial charge in [0.05, 0.1) is 5.75 Å². The minimum atomic E-state index is -0.823. The Labute approximate surface area is 117 Å². The number of carboxylic acid groups (broad SMARTS) is 1. The highest BCUT2D eigenvalue weighted by Crippen LogP contribution is 2.40. The van der Waals surface area contributed by atoms with Gasteiger partial charge in [-0.2, -0.15) is 0 Å². The number of anilines is 1. The predicted octanol–water partition coefficient (Wildman–Crippen LogP) is 2.03. The van der Waals surface area contributed by atoms with Crippen molar-refractivity contribution in [2.75, 3.05) is 24.2 Å². The zero-order valence-corrected chi connectivity index (χ0v) is 12.2. The van der Waals surface area contributed by atoms with E-state index >= 15 is 0 Å². The number of aromatic nitrogens is 3. The molecule has 0 atom stereocenters. The molecule has 1 saturated carbocycles. The Bertz CT molecular complexity index is 445. The third kappa shape index (κ3) is 3.62. The lowest BCUT2D eigenvalue weighted by atomic mass is 10.3. The van der Waals surface area contributed by atoms with Crippen LogP contribution in [0, 0.1) is 0 Å². The highest BCUT2D eigenvalue weighted by atomic mass is 32.2. The standard InChI is InChI=1S/C12H20N4O2S/c1-3-4-7-15(2)11-13-14-12(19-8-10(17)18)16(11)9-5-6-9/h9H,3-8H2,1-2H3,(H,17,18). The first kappa shape index (κ1) is 14.2. The van der Waals surface area contributed by atoms with E-state index < -0.39 is 5.97 Å². The van der Waals surface area contributed by atoms with Crippen LogP contribution in [0.15, 0.2) is 5.16 Å². The zero-order valence-electron chi connectivity index (χ0n) is 11.4. The second-order valence-electron chi connectivity index (χ2n) is 4.84. The van der Waals surface area contributed by atoms with Gasteiger partial charge in [0, 0.05) is 19.6 Å². The van der Waals surface area contributed by atoms with Gasteiger partial charge < -0.3 is 10.0 Å². The lowest BCUT2D eigenvalue weighted by molar-refractivity contribution is -0.133. The van der Waals surface area contributed by atoms with E-state index in [1.807, 2.05) is 7.05 Å². The van der Waals surface area contributed by atoms with E-state index in [1.54, 1.807) is 0 Å². The van der Waals surface area contributed by atoms with Crippen molar-refractivity contribution in [1.29, 1.82) is 0 Å². The topological polar surface area (TPSA) is 71.2 Å². The second kappa shape index (κ2) is 6.27. The van der Waals surface area contributed by atoms with Crippen LogP contribution in [0.4, 0.5) is 5.95 Å². The van der Waals surface area contributed by atoms with Crippen molar-refractivity contribution in [2.45, 2.75) is 43.8 Å². The summed E-state index contributed by atoms with van der Waals surface area (Å²) in [5.74, 6) is 0.0730. The summed E-state index contributed by atoms with van der Waals surface area (Å²) in [5.41, 5.74) is 0. The molecule has 1 aliphatic rings. The fourth-order valence-corrected chi connectivity index (χ4v) is 2.62. The second-order valence-corrected chi connectivity index (χ2v) is 5.78. The number of aliphatic carboxylic acids is 1. The van der Waals surface area contributed by atoms with Crippen LogP contribution in [0.5, 0.6) is 0 Å². The van der Waals surface area contributed by atoms with E-state index in [9.17, 15) is 4.79 Å². The maximum absolute atomic E-state index is 10.7. The molecular weight excluding hydrogens is 264 g/mol. The number of thioether (sulfide) groups is 1. The molecule has 1 heterocycles. The van der Waals surface area contributed by atoms with Crippen molar-refractivity contribution in [3.8, 4) is 0 Å². The van der Waals surface area contributed by atoms with Crippen LogP contribution < -0.4 is 4.90 Å². The first-order valence-corrected chi connectivity index (χ1v) is 7.62. The zero-order chi connectivity index (χ0) is 13.8. The van der Waals surface area contributed by atoms with E-state index in [-0.39, 0.29) is 5.75 Å². The normalized spacial score (nSPS) is 14.6. The van der Waals surface area contributed by atoms with Gasteiger partial charge in [0.1, 0.15) is 0 Å². The van der Waals surface area contributed by atoms with Gasteiger partial charge >= 0.3 is 5.97 Å². The highest BCUT2D eigenvalue weighted by molar-refractivity contribution is 7.99. The summed E-state index contributed by atoms with van der Waals surface area (Å²) in [6.45, 7) is 3.11. The number of hydrogen-bond donors (Lipinski definition) is 1. The smallest absolute Gasteiger partial charge is 0.313 e. The molecule has 1 aromatic heterocycles. The molecule has 0 radical (unpaired) electrons. The number of nitrogens with zero attached hydrogens (tertiary/aromatic N) is 4. The SMILES string of the molecule is CCCCN(C)c1nnc(SCC(=O)O)n1C1CC1. The Morgan fingerprint density at radius 3 is 2.84 bits per heavy atom. The number of rotatable bonds is 8. The predicted molar refractivity (Wildman–Crippen MR) is 74.8 cm³/mol. The molecule has 0 saturated heterocycles. The highest BCUT2D eigenvalue weighted by Gasteiger charge is 2.31. The molecule has 7 heteroatoms. The molecule has 0 amide bonds. The van der Waals surface area contributed by atoms with Crippen LogP contribution in [-0.4, -0.2) is 45.2 Å². The van der Waals surface area contributed by atoms with Crippen LogP contribution in [-0.2, 0) is 4.79 Å². The Morgan fingerprint density at radius 1 is 1.53 bits per heavy atom. The van der Waals surface area contributed by atoms with Crippen molar-refractivity contribution in [3.05, 3.63) is 0 Å². The van der Waals surface area contributed by atoms with Gasteiger partial charge in [0.2, 0.25) is 5.95 Å². The number of carbonyl (C=O) groups is 1. The fraction of sp³-hybridized carbons (Fsp3) is 0.750. The van der Waals surface area contributed by atoms with E-state index in [0.717, 1.165) is 43.3 Å². The summed E-state index contributed by atoms with van der Waals surface area (Å²) in [6, 6.07) is 0.449.